The number of carbonyl (C=O) groups is 2. The molecule has 0 radical (unpaired) electrons. The molecule has 1 aliphatic carbocycles. The fraction of sp³-hybridized carbons (Fsp3) is 0.833. The first-order valence-corrected chi connectivity index (χ1v) is 9.47. The Balaban J connectivity index is 1.91. The molecule has 2 fully saturated rings. The second kappa shape index (κ2) is 6.44. The van der Waals surface area contributed by atoms with E-state index in [1.807, 2.05) is 0 Å². The largest absolute Gasteiger partial charge is 0.286 e. The number of hydrogen-bond acceptors (Lipinski definition) is 5. The van der Waals surface area contributed by atoms with Crippen LogP contribution < -0.4 is 0 Å². The molecule has 1 unspecified atom stereocenters. The van der Waals surface area contributed by atoms with Crippen LogP contribution in [-0.2, 0) is 19.7 Å². The van der Waals surface area contributed by atoms with Crippen LogP contribution in [0.25, 0.3) is 0 Å². The molecule has 2 rings (SSSR count). The SMILES string of the molecule is O=C1CC(SCCS(=O)(=O)O)C(=O)N1C1CCCCC1. The highest BCUT2D eigenvalue weighted by molar-refractivity contribution is 8.01. The van der Waals surface area contributed by atoms with Gasteiger partial charge in [0.05, 0.1) is 11.0 Å². The van der Waals surface area contributed by atoms with Crippen LogP contribution in [0.1, 0.15) is 38.5 Å². The summed E-state index contributed by atoms with van der Waals surface area (Å²) in [6, 6.07) is 0.0240. The number of hydrogen-bond donors (Lipinski definition) is 1. The van der Waals surface area contributed by atoms with Gasteiger partial charge in [0, 0.05) is 18.2 Å². The maximum atomic E-state index is 12.2. The van der Waals surface area contributed by atoms with E-state index in [9.17, 15) is 18.0 Å². The Morgan fingerprint density at radius 2 is 1.85 bits per heavy atom. The third-order valence-electron chi connectivity index (χ3n) is 3.74. The molecule has 0 aromatic rings. The summed E-state index contributed by atoms with van der Waals surface area (Å²) in [5.74, 6) is -0.603. The molecular weight excluding hydrogens is 302 g/mol. The third-order valence-corrected chi connectivity index (χ3v) is 5.93. The van der Waals surface area contributed by atoms with Gasteiger partial charge in [0.2, 0.25) is 11.8 Å². The number of imide groups is 1. The van der Waals surface area contributed by atoms with Crippen LogP contribution in [0.2, 0.25) is 0 Å². The Hall–Kier alpha value is -0.600. The summed E-state index contributed by atoms with van der Waals surface area (Å²) in [5.41, 5.74) is 0. The topological polar surface area (TPSA) is 91.7 Å². The van der Waals surface area contributed by atoms with Gasteiger partial charge in [-0.05, 0) is 12.8 Å². The van der Waals surface area contributed by atoms with Crippen molar-refractivity contribution >= 4 is 33.7 Å². The van der Waals surface area contributed by atoms with Crippen molar-refractivity contribution in [2.24, 2.45) is 0 Å². The summed E-state index contributed by atoms with van der Waals surface area (Å²) in [7, 11) is -4.01. The summed E-state index contributed by atoms with van der Waals surface area (Å²) < 4.78 is 29.9. The minimum Gasteiger partial charge on any atom is -0.286 e. The average molecular weight is 321 g/mol. The van der Waals surface area contributed by atoms with Crippen molar-refractivity contribution in [2.75, 3.05) is 11.5 Å². The summed E-state index contributed by atoms with van der Waals surface area (Å²) in [4.78, 5) is 25.6. The van der Waals surface area contributed by atoms with Crippen molar-refractivity contribution in [1.82, 2.24) is 4.90 Å². The van der Waals surface area contributed by atoms with Crippen LogP contribution in [0, 0.1) is 0 Å². The average Bonchev–Trinajstić information content (AvgIpc) is 2.64. The molecule has 114 valence electrons. The molecule has 1 atom stereocenters. The molecule has 0 bridgehead atoms. The molecular formula is C12H19NO5S2. The predicted molar refractivity (Wildman–Crippen MR) is 76.0 cm³/mol. The number of likely N-dealkylation sites (tertiary alicyclic amines) is 1. The summed E-state index contributed by atoms with van der Waals surface area (Å²) in [5, 5.41) is -0.494. The van der Waals surface area contributed by atoms with Crippen LogP contribution in [0.15, 0.2) is 0 Å². The van der Waals surface area contributed by atoms with Gasteiger partial charge in [0.15, 0.2) is 0 Å². The quantitative estimate of drug-likeness (QED) is 0.601. The van der Waals surface area contributed by atoms with E-state index in [0.29, 0.717) is 0 Å². The van der Waals surface area contributed by atoms with Crippen LogP contribution >= 0.6 is 11.8 Å². The van der Waals surface area contributed by atoms with E-state index < -0.39 is 15.4 Å². The molecule has 8 heteroatoms. The number of nitrogens with zero attached hydrogens (tertiary/aromatic N) is 1. The van der Waals surface area contributed by atoms with Gasteiger partial charge in [-0.3, -0.25) is 19.0 Å². The second-order valence-electron chi connectivity index (χ2n) is 5.24. The molecule has 2 aliphatic rings. The molecule has 0 aromatic heterocycles. The fourth-order valence-corrected chi connectivity index (χ4v) is 4.80. The number of carbonyl (C=O) groups excluding carboxylic acids is 2. The van der Waals surface area contributed by atoms with E-state index in [-0.39, 0.29) is 35.8 Å². The minimum absolute atomic E-state index is 0.0240. The fourth-order valence-electron chi connectivity index (χ4n) is 2.77. The molecule has 0 aromatic carbocycles. The zero-order valence-corrected chi connectivity index (χ0v) is 12.8. The van der Waals surface area contributed by atoms with Gasteiger partial charge in [-0.25, -0.2) is 0 Å². The molecule has 1 saturated carbocycles. The van der Waals surface area contributed by atoms with E-state index in [4.69, 9.17) is 4.55 Å². The number of thioether (sulfide) groups is 1. The van der Waals surface area contributed by atoms with Crippen molar-refractivity contribution in [3.05, 3.63) is 0 Å². The Labute approximate surface area is 123 Å². The first-order valence-electron chi connectivity index (χ1n) is 6.81. The lowest BCUT2D eigenvalue weighted by Gasteiger charge is -2.29. The van der Waals surface area contributed by atoms with Gasteiger partial charge in [-0.15, -0.1) is 11.8 Å². The van der Waals surface area contributed by atoms with E-state index in [2.05, 4.69) is 0 Å². The maximum absolute atomic E-state index is 12.2. The first-order chi connectivity index (χ1) is 9.38. The van der Waals surface area contributed by atoms with Gasteiger partial charge in [-0.1, -0.05) is 19.3 Å². The van der Waals surface area contributed by atoms with Crippen LogP contribution in [0.3, 0.4) is 0 Å². The second-order valence-corrected chi connectivity index (χ2v) is 8.13. The van der Waals surface area contributed by atoms with Gasteiger partial charge in [-0.2, -0.15) is 8.42 Å². The van der Waals surface area contributed by atoms with Crippen molar-refractivity contribution in [1.29, 1.82) is 0 Å². The normalized spacial score (nSPS) is 25.4. The first kappa shape index (κ1) is 15.8. The van der Waals surface area contributed by atoms with Gasteiger partial charge < -0.3 is 0 Å². The Bertz CT molecular complexity index is 484. The van der Waals surface area contributed by atoms with E-state index in [1.54, 1.807) is 0 Å². The van der Waals surface area contributed by atoms with Crippen LogP contribution in [0.5, 0.6) is 0 Å². The van der Waals surface area contributed by atoms with Crippen molar-refractivity contribution in [3.8, 4) is 0 Å². The Kier molecular flexibility index (Phi) is 5.09. The monoisotopic (exact) mass is 321 g/mol. The van der Waals surface area contributed by atoms with Crippen molar-refractivity contribution < 1.29 is 22.6 Å². The van der Waals surface area contributed by atoms with Gasteiger partial charge in [0.25, 0.3) is 10.1 Å². The summed E-state index contributed by atoms with van der Waals surface area (Å²) in [6.07, 6.45) is 5.13. The van der Waals surface area contributed by atoms with E-state index in [1.165, 1.54) is 4.90 Å². The Morgan fingerprint density at radius 3 is 2.45 bits per heavy atom. The van der Waals surface area contributed by atoms with Crippen LogP contribution in [0.4, 0.5) is 0 Å². The molecule has 1 N–H and O–H groups in total. The molecule has 6 nitrogen and oxygen atoms in total. The third kappa shape index (κ3) is 3.95. The lowest BCUT2D eigenvalue weighted by molar-refractivity contribution is -0.141. The van der Waals surface area contributed by atoms with Crippen LogP contribution in [-0.4, -0.2) is 52.5 Å². The zero-order chi connectivity index (χ0) is 14.8. The van der Waals surface area contributed by atoms with E-state index in [0.717, 1.165) is 43.9 Å². The maximum Gasteiger partial charge on any atom is 0.265 e. The van der Waals surface area contributed by atoms with Crippen molar-refractivity contribution in [3.63, 3.8) is 0 Å². The highest BCUT2D eigenvalue weighted by atomic mass is 32.2. The molecule has 20 heavy (non-hydrogen) atoms. The highest BCUT2D eigenvalue weighted by Crippen LogP contribution is 2.31. The molecule has 1 aliphatic heterocycles. The molecule has 2 amide bonds. The predicted octanol–water partition coefficient (Wildman–Crippen LogP) is 1.07. The summed E-state index contributed by atoms with van der Waals surface area (Å²) in [6.45, 7) is 0. The minimum atomic E-state index is -4.01. The lowest BCUT2D eigenvalue weighted by Crippen LogP contribution is -2.41. The van der Waals surface area contributed by atoms with Gasteiger partial charge in [0.1, 0.15) is 0 Å². The lowest BCUT2D eigenvalue weighted by atomic mass is 9.94. The number of rotatable bonds is 5. The standard InChI is InChI=1S/C12H19NO5S2/c14-11-8-10(19-6-7-20(16,17)18)12(15)13(11)9-4-2-1-3-5-9/h9-10H,1-8H2,(H,16,17,18). The molecule has 1 heterocycles. The smallest absolute Gasteiger partial charge is 0.265 e. The zero-order valence-electron chi connectivity index (χ0n) is 11.2. The van der Waals surface area contributed by atoms with E-state index >= 15 is 0 Å². The molecule has 0 spiro atoms. The van der Waals surface area contributed by atoms with Crippen molar-refractivity contribution in [2.45, 2.75) is 49.8 Å². The summed E-state index contributed by atoms with van der Waals surface area (Å²) >= 11 is 1.14. The molecule has 1 saturated heterocycles. The van der Waals surface area contributed by atoms with Gasteiger partial charge >= 0.3 is 0 Å². The number of amides is 2. The highest BCUT2D eigenvalue weighted by Gasteiger charge is 2.42. The Morgan fingerprint density at radius 1 is 1.20 bits per heavy atom.